The maximum atomic E-state index is 12.4. The largest absolute Gasteiger partial charge is 0.573 e. The number of nitrogens with one attached hydrogen (secondary N) is 1. The third-order valence-electron chi connectivity index (χ3n) is 4.66. The minimum absolute atomic E-state index is 0.0284. The van der Waals surface area contributed by atoms with Crippen molar-refractivity contribution in [3.63, 3.8) is 0 Å². The summed E-state index contributed by atoms with van der Waals surface area (Å²) in [4.78, 5) is 16.0. The molecule has 0 saturated heterocycles. The Morgan fingerprint density at radius 2 is 2.03 bits per heavy atom. The molecule has 31 heavy (non-hydrogen) atoms. The van der Waals surface area contributed by atoms with Gasteiger partial charge in [-0.25, -0.2) is 4.98 Å². The van der Waals surface area contributed by atoms with Crippen molar-refractivity contribution in [1.82, 2.24) is 14.9 Å². The first-order valence-corrected chi connectivity index (χ1v) is 9.16. The van der Waals surface area contributed by atoms with Crippen molar-refractivity contribution in [2.45, 2.75) is 19.0 Å². The number of aliphatic hydroxyl groups excluding tert-OH is 2. The molecule has 0 radical (unpaired) electrons. The fourth-order valence-corrected chi connectivity index (χ4v) is 3.34. The molecule has 7 nitrogen and oxygen atoms in total. The summed E-state index contributed by atoms with van der Waals surface area (Å²) in [6.45, 7) is 2.87. The second-order valence-corrected chi connectivity index (χ2v) is 6.74. The second kappa shape index (κ2) is 8.78. The molecule has 10 heteroatoms. The SMILES string of the molecule is C=CC(=O)NCc1cc(-c2ccc(OC(F)(F)F)cc2)c2ncn(C)c2c1[C@H](O)CO. The Kier molecular flexibility index (Phi) is 6.32. The molecule has 3 rings (SSSR count). The molecule has 0 fully saturated rings. The zero-order valence-corrected chi connectivity index (χ0v) is 16.5. The summed E-state index contributed by atoms with van der Waals surface area (Å²) >= 11 is 0. The van der Waals surface area contributed by atoms with Gasteiger partial charge in [-0.3, -0.25) is 4.79 Å². The lowest BCUT2D eigenvalue weighted by Gasteiger charge is -2.19. The van der Waals surface area contributed by atoms with Crippen LogP contribution >= 0.6 is 0 Å². The highest BCUT2D eigenvalue weighted by molar-refractivity contribution is 5.95. The van der Waals surface area contributed by atoms with Crippen molar-refractivity contribution < 1.29 is 32.9 Å². The molecule has 3 aromatic rings. The van der Waals surface area contributed by atoms with Crippen molar-refractivity contribution in [1.29, 1.82) is 0 Å². The smallest absolute Gasteiger partial charge is 0.406 e. The minimum Gasteiger partial charge on any atom is -0.406 e. The van der Waals surface area contributed by atoms with E-state index >= 15 is 0 Å². The van der Waals surface area contributed by atoms with Crippen LogP contribution in [-0.4, -0.2) is 38.6 Å². The number of carbonyl (C=O) groups is 1. The molecule has 1 amide bonds. The van der Waals surface area contributed by atoms with Gasteiger partial charge in [-0.2, -0.15) is 0 Å². The van der Waals surface area contributed by atoms with E-state index in [0.717, 1.165) is 6.08 Å². The standard InChI is InChI=1S/C21H20F3N3O4/c1-3-17(30)25-9-13-8-15(12-4-6-14(7-5-12)31-21(22,23)24)19-20(27(2)11-26-19)18(13)16(29)10-28/h3-8,11,16,28-29H,1,9-10H2,2H3,(H,25,30)/t16-/m1/s1. The number of benzene rings is 2. The Bertz CT molecular complexity index is 1110. The highest BCUT2D eigenvalue weighted by Crippen LogP contribution is 2.36. The fourth-order valence-electron chi connectivity index (χ4n) is 3.34. The number of halogens is 3. The van der Waals surface area contributed by atoms with Crippen LogP contribution in [0.25, 0.3) is 22.2 Å². The number of carbonyl (C=O) groups excluding carboxylic acids is 1. The minimum atomic E-state index is -4.80. The molecule has 164 valence electrons. The van der Waals surface area contributed by atoms with Crippen LogP contribution in [0.2, 0.25) is 0 Å². The maximum absolute atomic E-state index is 12.4. The van der Waals surface area contributed by atoms with Crippen LogP contribution in [0.5, 0.6) is 5.75 Å². The number of amides is 1. The van der Waals surface area contributed by atoms with Crippen LogP contribution < -0.4 is 10.1 Å². The van der Waals surface area contributed by atoms with Crippen molar-refractivity contribution in [2.24, 2.45) is 7.05 Å². The van der Waals surface area contributed by atoms with E-state index in [0.29, 0.717) is 33.3 Å². The normalized spacial score (nSPS) is 12.6. The average molecular weight is 435 g/mol. The number of aliphatic hydroxyl groups is 2. The Morgan fingerprint density at radius 3 is 2.61 bits per heavy atom. The first-order chi connectivity index (χ1) is 14.6. The van der Waals surface area contributed by atoms with Crippen LogP contribution in [0.1, 0.15) is 17.2 Å². The first-order valence-electron chi connectivity index (χ1n) is 9.16. The van der Waals surface area contributed by atoms with Crippen molar-refractivity contribution in [3.05, 3.63) is 60.4 Å². The van der Waals surface area contributed by atoms with Crippen LogP contribution in [0, 0.1) is 0 Å². The van der Waals surface area contributed by atoms with Gasteiger partial charge in [-0.1, -0.05) is 18.7 Å². The van der Waals surface area contributed by atoms with E-state index in [9.17, 15) is 28.2 Å². The molecule has 2 aromatic carbocycles. The highest BCUT2D eigenvalue weighted by atomic mass is 19.4. The number of ether oxygens (including phenoxy) is 1. The summed E-state index contributed by atoms with van der Waals surface area (Å²) in [6, 6.07) is 6.96. The fraction of sp³-hybridized carbons (Fsp3) is 0.238. The van der Waals surface area contributed by atoms with Crippen LogP contribution in [-0.2, 0) is 18.4 Å². The summed E-state index contributed by atoms with van der Waals surface area (Å²) in [6.07, 6.45) is -3.40. The van der Waals surface area contributed by atoms with Gasteiger partial charge in [-0.15, -0.1) is 13.2 Å². The number of imidazole rings is 1. The van der Waals surface area contributed by atoms with Gasteiger partial charge in [0, 0.05) is 24.7 Å². The van der Waals surface area contributed by atoms with Gasteiger partial charge < -0.3 is 24.8 Å². The van der Waals surface area contributed by atoms with Gasteiger partial charge in [0.25, 0.3) is 0 Å². The third-order valence-corrected chi connectivity index (χ3v) is 4.66. The molecule has 0 bridgehead atoms. The van der Waals surface area contributed by atoms with E-state index in [1.54, 1.807) is 17.7 Å². The summed E-state index contributed by atoms with van der Waals surface area (Å²) in [5, 5.41) is 22.6. The second-order valence-electron chi connectivity index (χ2n) is 6.74. The van der Waals surface area contributed by atoms with Gasteiger partial charge in [0.1, 0.15) is 11.9 Å². The monoisotopic (exact) mass is 435 g/mol. The van der Waals surface area contributed by atoms with Gasteiger partial charge in [0.05, 0.1) is 24.0 Å². The Balaban J connectivity index is 2.15. The molecule has 0 saturated carbocycles. The maximum Gasteiger partial charge on any atom is 0.573 e. The summed E-state index contributed by atoms with van der Waals surface area (Å²) in [5.41, 5.74) is 3.04. The third kappa shape index (κ3) is 4.86. The van der Waals surface area contributed by atoms with Crippen molar-refractivity contribution >= 4 is 16.9 Å². The lowest BCUT2D eigenvalue weighted by Crippen LogP contribution is -2.22. The van der Waals surface area contributed by atoms with Crippen molar-refractivity contribution in [3.8, 4) is 16.9 Å². The molecule has 0 aliphatic rings. The molecule has 1 atom stereocenters. The molecule has 0 aliphatic heterocycles. The predicted molar refractivity (Wildman–Crippen MR) is 107 cm³/mol. The number of fused-ring (bicyclic) bond motifs is 1. The van der Waals surface area contributed by atoms with Gasteiger partial charge in [0.15, 0.2) is 0 Å². The average Bonchev–Trinajstić information content (AvgIpc) is 3.11. The number of hydrogen-bond acceptors (Lipinski definition) is 5. The van der Waals surface area contributed by atoms with Crippen LogP contribution in [0.4, 0.5) is 13.2 Å². The van der Waals surface area contributed by atoms with E-state index < -0.39 is 25.0 Å². The molecular weight excluding hydrogens is 415 g/mol. The molecule has 0 spiro atoms. The Morgan fingerprint density at radius 1 is 1.35 bits per heavy atom. The highest BCUT2D eigenvalue weighted by Gasteiger charge is 2.31. The predicted octanol–water partition coefficient (Wildman–Crippen LogP) is 2.97. The number of aromatic nitrogens is 2. The summed E-state index contributed by atoms with van der Waals surface area (Å²) < 4.78 is 42.9. The number of alkyl halides is 3. The summed E-state index contributed by atoms with van der Waals surface area (Å²) in [5.74, 6) is -0.788. The van der Waals surface area contributed by atoms with E-state index in [1.165, 1.54) is 30.6 Å². The molecule has 3 N–H and O–H groups in total. The van der Waals surface area contributed by atoms with Gasteiger partial charge in [0.2, 0.25) is 5.91 Å². The Labute approximate surface area is 175 Å². The van der Waals surface area contributed by atoms with Gasteiger partial charge in [-0.05, 0) is 35.4 Å². The van der Waals surface area contributed by atoms with Crippen molar-refractivity contribution in [2.75, 3.05) is 6.61 Å². The molecule has 1 heterocycles. The first kappa shape index (κ1) is 22.3. The Hall–Kier alpha value is -3.37. The number of rotatable bonds is 7. The van der Waals surface area contributed by atoms with E-state index in [4.69, 9.17) is 0 Å². The topological polar surface area (TPSA) is 96.6 Å². The number of hydrogen-bond donors (Lipinski definition) is 3. The molecule has 0 aliphatic carbocycles. The van der Waals surface area contributed by atoms with E-state index in [1.807, 2.05) is 0 Å². The van der Waals surface area contributed by atoms with E-state index in [-0.39, 0.29) is 12.3 Å². The lowest BCUT2D eigenvalue weighted by molar-refractivity contribution is -0.274. The molecular formula is C21H20F3N3O4. The number of nitrogens with zero attached hydrogens (tertiary/aromatic N) is 2. The molecule has 1 aromatic heterocycles. The zero-order chi connectivity index (χ0) is 22.8. The zero-order valence-electron chi connectivity index (χ0n) is 16.5. The van der Waals surface area contributed by atoms with E-state index in [2.05, 4.69) is 21.6 Å². The van der Waals surface area contributed by atoms with Crippen LogP contribution in [0.15, 0.2) is 49.3 Å². The lowest BCUT2D eigenvalue weighted by atomic mass is 9.93. The van der Waals surface area contributed by atoms with Crippen LogP contribution in [0.3, 0.4) is 0 Å². The van der Waals surface area contributed by atoms with Gasteiger partial charge >= 0.3 is 6.36 Å². The summed E-state index contributed by atoms with van der Waals surface area (Å²) in [7, 11) is 1.71. The quantitative estimate of drug-likeness (QED) is 0.496. The number of aryl methyl sites for hydroxylation is 1. The molecule has 0 unspecified atom stereocenters.